The third kappa shape index (κ3) is 2.30. The van der Waals surface area contributed by atoms with E-state index in [1.54, 1.807) is 36.1 Å². The first-order valence-corrected chi connectivity index (χ1v) is 7.24. The molecule has 2 aromatic heterocycles. The molecule has 0 aliphatic carbocycles. The second kappa shape index (κ2) is 5.05. The predicted octanol–water partition coefficient (Wildman–Crippen LogP) is 1.72. The van der Waals surface area contributed by atoms with Gasteiger partial charge in [0.05, 0.1) is 5.92 Å². The van der Waals surface area contributed by atoms with E-state index in [4.69, 9.17) is 8.94 Å². The molecule has 0 unspecified atom stereocenters. The van der Waals surface area contributed by atoms with Gasteiger partial charge < -0.3 is 13.8 Å². The monoisotopic (exact) mass is 311 g/mol. The summed E-state index contributed by atoms with van der Waals surface area (Å²) in [6, 6.07) is 8.68. The molecule has 1 saturated heterocycles. The average Bonchev–Trinajstić information content (AvgIpc) is 2.91. The van der Waals surface area contributed by atoms with E-state index in [0.29, 0.717) is 30.4 Å². The third-order valence-corrected chi connectivity index (χ3v) is 3.93. The molecule has 0 saturated carbocycles. The van der Waals surface area contributed by atoms with Gasteiger partial charge in [0.2, 0.25) is 5.89 Å². The highest BCUT2D eigenvalue weighted by Gasteiger charge is 2.36. The van der Waals surface area contributed by atoms with E-state index in [1.807, 2.05) is 6.07 Å². The van der Waals surface area contributed by atoms with E-state index in [2.05, 4.69) is 10.1 Å². The Balaban J connectivity index is 1.56. The highest BCUT2D eigenvalue weighted by molar-refractivity contribution is 5.97. The van der Waals surface area contributed by atoms with Crippen molar-refractivity contribution in [1.82, 2.24) is 15.0 Å². The molecule has 0 spiro atoms. The molecule has 4 rings (SSSR count). The van der Waals surface area contributed by atoms with Crippen molar-refractivity contribution in [2.24, 2.45) is 0 Å². The molecule has 7 heteroatoms. The van der Waals surface area contributed by atoms with E-state index in [9.17, 15) is 9.59 Å². The van der Waals surface area contributed by atoms with Crippen LogP contribution in [0, 0.1) is 6.92 Å². The van der Waals surface area contributed by atoms with Gasteiger partial charge in [-0.15, -0.1) is 0 Å². The first-order valence-electron chi connectivity index (χ1n) is 7.24. The van der Waals surface area contributed by atoms with Crippen LogP contribution in [0.1, 0.15) is 28.0 Å². The van der Waals surface area contributed by atoms with Crippen LogP contribution in [0.3, 0.4) is 0 Å². The molecule has 1 aromatic carbocycles. The Morgan fingerprint density at radius 2 is 2.09 bits per heavy atom. The van der Waals surface area contributed by atoms with Gasteiger partial charge in [0.1, 0.15) is 11.1 Å². The Kier molecular flexibility index (Phi) is 3.00. The van der Waals surface area contributed by atoms with Crippen LogP contribution in [-0.4, -0.2) is 34.0 Å². The maximum atomic E-state index is 12.5. The molecule has 0 radical (unpaired) electrons. The molecule has 1 fully saturated rings. The van der Waals surface area contributed by atoms with Crippen molar-refractivity contribution in [3.63, 3.8) is 0 Å². The Labute approximate surface area is 130 Å². The number of hydrogen-bond acceptors (Lipinski definition) is 6. The molecule has 0 N–H and O–H groups in total. The molecule has 1 aliphatic heterocycles. The standard InChI is InChI=1S/C16H13N3O4/c1-9-17-14(23-18-9)11-7-19(8-11)15(20)12-6-10-4-2-3-5-13(10)22-16(12)21/h2-6,11H,7-8H2,1H3. The zero-order chi connectivity index (χ0) is 16.0. The van der Waals surface area contributed by atoms with Crippen LogP contribution in [0.2, 0.25) is 0 Å². The lowest BCUT2D eigenvalue weighted by molar-refractivity contribution is 0.0565. The summed E-state index contributed by atoms with van der Waals surface area (Å²) in [4.78, 5) is 30.2. The Hall–Kier alpha value is -2.96. The number of para-hydroxylation sites is 1. The van der Waals surface area contributed by atoms with Gasteiger partial charge in [-0.25, -0.2) is 4.79 Å². The number of carbonyl (C=O) groups is 1. The number of carbonyl (C=O) groups excluding carboxylic acids is 1. The van der Waals surface area contributed by atoms with E-state index < -0.39 is 5.63 Å². The van der Waals surface area contributed by atoms with E-state index in [0.717, 1.165) is 5.39 Å². The lowest BCUT2D eigenvalue weighted by atomic mass is 9.99. The van der Waals surface area contributed by atoms with Crippen LogP contribution >= 0.6 is 0 Å². The van der Waals surface area contributed by atoms with Crippen LogP contribution in [0.25, 0.3) is 11.0 Å². The van der Waals surface area contributed by atoms with Gasteiger partial charge in [-0.3, -0.25) is 4.79 Å². The molecule has 116 valence electrons. The molecule has 3 heterocycles. The summed E-state index contributed by atoms with van der Waals surface area (Å²) < 4.78 is 10.3. The fraction of sp³-hybridized carbons (Fsp3) is 0.250. The van der Waals surface area contributed by atoms with Gasteiger partial charge in [0.15, 0.2) is 5.82 Å². The normalized spacial score (nSPS) is 14.9. The minimum absolute atomic E-state index is 0.0210. The lowest BCUT2D eigenvalue weighted by Crippen LogP contribution is -2.49. The third-order valence-electron chi connectivity index (χ3n) is 3.93. The summed E-state index contributed by atoms with van der Waals surface area (Å²) >= 11 is 0. The van der Waals surface area contributed by atoms with Crippen molar-refractivity contribution in [2.75, 3.05) is 13.1 Å². The second-order valence-electron chi connectivity index (χ2n) is 5.57. The molecule has 0 atom stereocenters. The molecule has 0 bridgehead atoms. The van der Waals surface area contributed by atoms with Gasteiger partial charge in [-0.1, -0.05) is 23.4 Å². The molecule has 7 nitrogen and oxygen atoms in total. The number of aromatic nitrogens is 2. The van der Waals surface area contributed by atoms with Crippen molar-refractivity contribution >= 4 is 16.9 Å². The van der Waals surface area contributed by atoms with Crippen molar-refractivity contribution in [3.8, 4) is 0 Å². The first-order chi connectivity index (χ1) is 11.1. The SMILES string of the molecule is Cc1noc(C2CN(C(=O)c3cc4ccccc4oc3=O)C2)n1. The van der Waals surface area contributed by atoms with Crippen molar-refractivity contribution < 1.29 is 13.7 Å². The van der Waals surface area contributed by atoms with E-state index >= 15 is 0 Å². The number of rotatable bonds is 2. The van der Waals surface area contributed by atoms with Gasteiger partial charge in [0.25, 0.3) is 5.91 Å². The first kappa shape index (κ1) is 13.7. The van der Waals surface area contributed by atoms with Crippen molar-refractivity contribution in [3.05, 3.63) is 58.0 Å². The lowest BCUT2D eigenvalue weighted by Gasteiger charge is -2.36. The number of aryl methyl sites for hydroxylation is 1. The molecule has 1 amide bonds. The number of fused-ring (bicyclic) bond motifs is 1. The summed E-state index contributed by atoms with van der Waals surface area (Å²) in [5.41, 5.74) is -0.105. The molecule has 1 aliphatic rings. The van der Waals surface area contributed by atoms with Crippen molar-refractivity contribution in [1.29, 1.82) is 0 Å². The quantitative estimate of drug-likeness (QED) is 0.669. The van der Waals surface area contributed by atoms with Crippen LogP contribution in [0.4, 0.5) is 0 Å². The number of amides is 1. The smallest absolute Gasteiger partial charge is 0.349 e. The summed E-state index contributed by atoms with van der Waals surface area (Å²) in [5.74, 6) is 0.779. The largest absolute Gasteiger partial charge is 0.422 e. The minimum Gasteiger partial charge on any atom is -0.422 e. The highest BCUT2D eigenvalue weighted by Crippen LogP contribution is 2.27. The summed E-state index contributed by atoms with van der Waals surface area (Å²) in [5, 5.41) is 4.46. The zero-order valence-electron chi connectivity index (χ0n) is 12.4. The second-order valence-corrected chi connectivity index (χ2v) is 5.57. The number of benzene rings is 1. The molecular weight excluding hydrogens is 298 g/mol. The van der Waals surface area contributed by atoms with Gasteiger partial charge in [-0.2, -0.15) is 4.98 Å². The summed E-state index contributed by atoms with van der Waals surface area (Å²) in [6.45, 7) is 2.65. The molecule has 3 aromatic rings. The average molecular weight is 311 g/mol. The van der Waals surface area contributed by atoms with Crippen LogP contribution in [0.5, 0.6) is 0 Å². The van der Waals surface area contributed by atoms with Crippen LogP contribution < -0.4 is 5.63 Å². The fourth-order valence-electron chi connectivity index (χ4n) is 2.66. The summed E-state index contributed by atoms with van der Waals surface area (Å²) in [6.07, 6.45) is 0. The maximum Gasteiger partial charge on any atom is 0.349 e. The Bertz CT molecular complexity index is 953. The number of hydrogen-bond donors (Lipinski definition) is 0. The van der Waals surface area contributed by atoms with E-state index in [1.165, 1.54) is 0 Å². The summed E-state index contributed by atoms with van der Waals surface area (Å²) in [7, 11) is 0. The molecule has 23 heavy (non-hydrogen) atoms. The van der Waals surface area contributed by atoms with Gasteiger partial charge >= 0.3 is 5.63 Å². The number of likely N-dealkylation sites (tertiary alicyclic amines) is 1. The van der Waals surface area contributed by atoms with Gasteiger partial charge in [0, 0.05) is 18.5 Å². The van der Waals surface area contributed by atoms with Crippen LogP contribution in [-0.2, 0) is 0 Å². The fourth-order valence-corrected chi connectivity index (χ4v) is 2.66. The topological polar surface area (TPSA) is 89.4 Å². The Morgan fingerprint density at radius 1 is 1.30 bits per heavy atom. The highest BCUT2D eigenvalue weighted by atomic mass is 16.5. The van der Waals surface area contributed by atoms with E-state index in [-0.39, 0.29) is 17.4 Å². The molecular formula is C16H13N3O4. The van der Waals surface area contributed by atoms with Gasteiger partial charge in [-0.05, 0) is 19.1 Å². The number of nitrogens with zero attached hydrogens (tertiary/aromatic N) is 3. The van der Waals surface area contributed by atoms with Crippen LogP contribution in [0.15, 0.2) is 44.1 Å². The predicted molar refractivity (Wildman–Crippen MR) is 80.2 cm³/mol. The maximum absolute atomic E-state index is 12.5. The zero-order valence-corrected chi connectivity index (χ0v) is 12.4. The van der Waals surface area contributed by atoms with Crippen molar-refractivity contribution in [2.45, 2.75) is 12.8 Å². The minimum atomic E-state index is -0.620. The Morgan fingerprint density at radius 3 is 2.83 bits per heavy atom.